The zero-order valence-corrected chi connectivity index (χ0v) is 10.8. The Morgan fingerprint density at radius 1 is 1.44 bits per heavy atom. The third kappa shape index (κ3) is 2.13. The van der Waals surface area contributed by atoms with Crippen LogP contribution in [0, 0.1) is 5.92 Å². The lowest BCUT2D eigenvalue weighted by atomic mass is 10.1. The van der Waals surface area contributed by atoms with Gasteiger partial charge in [0.25, 0.3) is 0 Å². The molecule has 5 nitrogen and oxygen atoms in total. The highest BCUT2D eigenvalue weighted by molar-refractivity contribution is 7.16. The molecule has 4 N–H and O–H groups in total. The van der Waals surface area contributed by atoms with Crippen LogP contribution in [0.5, 0.6) is 0 Å². The van der Waals surface area contributed by atoms with Gasteiger partial charge in [0, 0.05) is 12.5 Å². The Morgan fingerprint density at radius 3 is 3.11 bits per heavy atom. The summed E-state index contributed by atoms with van der Waals surface area (Å²) in [5.74, 6) is 1.38. The minimum atomic E-state index is -0.186. The van der Waals surface area contributed by atoms with Gasteiger partial charge in [-0.25, -0.2) is 4.98 Å². The number of nitrogens with one attached hydrogen (secondary N) is 1. The Balaban J connectivity index is 1.79. The van der Waals surface area contributed by atoms with E-state index in [0.717, 1.165) is 41.8 Å². The van der Waals surface area contributed by atoms with Gasteiger partial charge in [-0.1, -0.05) is 6.42 Å². The number of nitrogens with zero attached hydrogens (tertiary/aromatic N) is 2. The Hall–Kier alpha value is -1.40. The first-order chi connectivity index (χ1) is 8.74. The summed E-state index contributed by atoms with van der Waals surface area (Å²) in [7, 11) is 0. The van der Waals surface area contributed by atoms with Crippen LogP contribution >= 0.6 is 11.3 Å². The molecule has 2 aromatic heterocycles. The second-order valence-electron chi connectivity index (χ2n) is 4.71. The molecule has 3 rings (SSSR count). The lowest BCUT2D eigenvalue weighted by molar-refractivity contribution is 0.138. The van der Waals surface area contributed by atoms with Crippen molar-refractivity contribution >= 4 is 33.3 Å². The third-order valence-electron chi connectivity index (χ3n) is 3.49. The van der Waals surface area contributed by atoms with Crippen LogP contribution in [-0.4, -0.2) is 27.7 Å². The Bertz CT molecular complexity index is 556. The maximum absolute atomic E-state index is 9.80. The number of rotatable bonds is 3. The normalized spacial score (nSPS) is 23.6. The van der Waals surface area contributed by atoms with Crippen molar-refractivity contribution in [2.24, 2.45) is 5.92 Å². The molecule has 0 spiro atoms. The summed E-state index contributed by atoms with van der Waals surface area (Å²) in [4.78, 5) is 9.33. The summed E-state index contributed by atoms with van der Waals surface area (Å²) in [6.45, 7) is 0.739. The smallest absolute Gasteiger partial charge is 0.223 e. The molecule has 0 bridgehead atoms. The average molecular weight is 264 g/mol. The molecule has 2 atom stereocenters. The standard InChI is InChI=1S/C12H16N4OS/c13-12-15-10(8-4-5-18-11(8)16-12)14-6-7-2-1-3-9(7)17/h4-5,7,9,17H,1-3,6H2,(H3,13,14,15,16). The maximum Gasteiger partial charge on any atom is 0.223 e. The number of aliphatic hydroxyl groups excluding tert-OH is 1. The van der Waals surface area contributed by atoms with E-state index in [1.807, 2.05) is 11.4 Å². The number of aromatic nitrogens is 2. The predicted octanol–water partition coefficient (Wildman–Crippen LogP) is 1.85. The van der Waals surface area contributed by atoms with E-state index in [1.165, 1.54) is 0 Å². The zero-order valence-electron chi connectivity index (χ0n) is 9.97. The zero-order chi connectivity index (χ0) is 12.5. The average Bonchev–Trinajstić information content (AvgIpc) is 2.94. The van der Waals surface area contributed by atoms with Gasteiger partial charge in [-0.15, -0.1) is 11.3 Å². The fourth-order valence-electron chi connectivity index (χ4n) is 2.49. The minimum Gasteiger partial charge on any atom is -0.393 e. The molecule has 6 heteroatoms. The van der Waals surface area contributed by atoms with Crippen molar-refractivity contribution in [1.29, 1.82) is 0 Å². The van der Waals surface area contributed by atoms with Gasteiger partial charge in [0.05, 0.1) is 11.5 Å². The van der Waals surface area contributed by atoms with Crippen LogP contribution < -0.4 is 11.1 Å². The molecule has 2 aromatic rings. The summed E-state index contributed by atoms with van der Waals surface area (Å²) in [6.07, 6.45) is 2.90. The summed E-state index contributed by atoms with van der Waals surface area (Å²) < 4.78 is 0. The van der Waals surface area contributed by atoms with Gasteiger partial charge in [-0.05, 0) is 24.3 Å². The fourth-order valence-corrected chi connectivity index (χ4v) is 3.26. The molecular formula is C12H16N4OS. The molecule has 1 aliphatic carbocycles. The van der Waals surface area contributed by atoms with Crippen molar-refractivity contribution in [3.63, 3.8) is 0 Å². The molecule has 0 saturated heterocycles. The largest absolute Gasteiger partial charge is 0.393 e. The van der Waals surface area contributed by atoms with Gasteiger partial charge < -0.3 is 16.2 Å². The van der Waals surface area contributed by atoms with Gasteiger partial charge in [0.15, 0.2) is 0 Å². The first-order valence-corrected chi connectivity index (χ1v) is 7.04. The topological polar surface area (TPSA) is 84.1 Å². The molecular weight excluding hydrogens is 248 g/mol. The van der Waals surface area contributed by atoms with E-state index in [-0.39, 0.29) is 6.10 Å². The summed E-state index contributed by atoms with van der Waals surface area (Å²) in [5, 5.41) is 16.1. The number of nitrogen functional groups attached to an aromatic ring is 1. The number of anilines is 2. The Morgan fingerprint density at radius 2 is 2.33 bits per heavy atom. The molecule has 1 fully saturated rings. The highest BCUT2D eigenvalue weighted by Crippen LogP contribution is 2.28. The quantitative estimate of drug-likeness (QED) is 0.788. The van der Waals surface area contributed by atoms with Crippen LogP contribution in [-0.2, 0) is 0 Å². The molecule has 1 saturated carbocycles. The summed E-state index contributed by atoms with van der Waals surface area (Å²) in [5.41, 5.74) is 5.69. The molecule has 2 heterocycles. The Labute approximate surface area is 109 Å². The molecule has 0 aliphatic heterocycles. The van der Waals surface area contributed by atoms with E-state index in [1.54, 1.807) is 11.3 Å². The molecule has 0 radical (unpaired) electrons. The summed E-state index contributed by atoms with van der Waals surface area (Å²) in [6, 6.07) is 1.99. The second-order valence-corrected chi connectivity index (χ2v) is 5.60. The van der Waals surface area contributed by atoms with Gasteiger partial charge in [-0.3, -0.25) is 0 Å². The molecule has 0 amide bonds. The molecule has 18 heavy (non-hydrogen) atoms. The van der Waals surface area contributed by atoms with Crippen LogP contribution in [0.25, 0.3) is 10.2 Å². The SMILES string of the molecule is Nc1nc(NCC2CCCC2O)c2ccsc2n1. The highest BCUT2D eigenvalue weighted by Gasteiger charge is 2.25. The predicted molar refractivity (Wildman–Crippen MR) is 73.7 cm³/mol. The van der Waals surface area contributed by atoms with Crippen LogP contribution in [0.3, 0.4) is 0 Å². The number of thiophene rings is 1. The monoisotopic (exact) mass is 264 g/mol. The van der Waals surface area contributed by atoms with E-state index in [0.29, 0.717) is 11.9 Å². The lowest BCUT2D eigenvalue weighted by Gasteiger charge is -2.15. The fraction of sp³-hybridized carbons (Fsp3) is 0.500. The van der Waals surface area contributed by atoms with Crippen molar-refractivity contribution in [1.82, 2.24) is 9.97 Å². The van der Waals surface area contributed by atoms with Crippen LogP contribution in [0.2, 0.25) is 0 Å². The van der Waals surface area contributed by atoms with Crippen molar-refractivity contribution in [2.75, 3.05) is 17.6 Å². The number of hydrogen-bond donors (Lipinski definition) is 3. The highest BCUT2D eigenvalue weighted by atomic mass is 32.1. The number of nitrogens with two attached hydrogens (primary N) is 1. The van der Waals surface area contributed by atoms with Crippen LogP contribution in [0.4, 0.5) is 11.8 Å². The van der Waals surface area contributed by atoms with Gasteiger partial charge in [0.2, 0.25) is 5.95 Å². The second kappa shape index (κ2) is 4.70. The first kappa shape index (κ1) is 11.7. The van der Waals surface area contributed by atoms with Gasteiger partial charge in [0.1, 0.15) is 10.6 Å². The van der Waals surface area contributed by atoms with Crippen molar-refractivity contribution in [2.45, 2.75) is 25.4 Å². The molecule has 2 unspecified atom stereocenters. The van der Waals surface area contributed by atoms with Gasteiger partial charge >= 0.3 is 0 Å². The number of fused-ring (bicyclic) bond motifs is 1. The van der Waals surface area contributed by atoms with E-state index >= 15 is 0 Å². The van der Waals surface area contributed by atoms with E-state index in [4.69, 9.17) is 5.73 Å². The van der Waals surface area contributed by atoms with Crippen LogP contribution in [0.1, 0.15) is 19.3 Å². The van der Waals surface area contributed by atoms with Crippen molar-refractivity contribution in [3.05, 3.63) is 11.4 Å². The van der Waals surface area contributed by atoms with Crippen molar-refractivity contribution < 1.29 is 5.11 Å². The minimum absolute atomic E-state index is 0.186. The molecule has 0 aromatic carbocycles. The van der Waals surface area contributed by atoms with Crippen molar-refractivity contribution in [3.8, 4) is 0 Å². The van der Waals surface area contributed by atoms with E-state index in [2.05, 4.69) is 15.3 Å². The lowest BCUT2D eigenvalue weighted by Crippen LogP contribution is -2.22. The van der Waals surface area contributed by atoms with E-state index < -0.39 is 0 Å². The van der Waals surface area contributed by atoms with Gasteiger partial charge in [-0.2, -0.15) is 4.98 Å². The van der Waals surface area contributed by atoms with E-state index in [9.17, 15) is 5.11 Å². The Kier molecular flexibility index (Phi) is 3.05. The summed E-state index contributed by atoms with van der Waals surface area (Å²) >= 11 is 1.55. The number of hydrogen-bond acceptors (Lipinski definition) is 6. The maximum atomic E-state index is 9.80. The number of aliphatic hydroxyl groups is 1. The molecule has 96 valence electrons. The third-order valence-corrected chi connectivity index (χ3v) is 4.30. The van der Waals surface area contributed by atoms with Crippen LogP contribution in [0.15, 0.2) is 11.4 Å². The first-order valence-electron chi connectivity index (χ1n) is 6.16. The molecule has 1 aliphatic rings.